The molecule has 12 heavy (non-hydrogen) atoms. The van der Waals surface area contributed by atoms with E-state index in [1.54, 1.807) is 0 Å². The Bertz CT molecular complexity index is 357. The predicted molar refractivity (Wildman–Crippen MR) is 46.4 cm³/mol. The molecule has 0 aliphatic carbocycles. The molecular formula is C9H8O2S. The van der Waals surface area contributed by atoms with Gasteiger partial charge in [0.25, 0.3) is 0 Å². The normalized spacial score (nSPS) is 22.0. The summed E-state index contributed by atoms with van der Waals surface area (Å²) < 4.78 is 11.4. The lowest BCUT2D eigenvalue weighted by Gasteiger charge is -2.12. The third-order valence-electron chi connectivity index (χ3n) is 1.90. The molecule has 0 fully saturated rings. The van der Waals surface area contributed by atoms with Crippen LogP contribution in [0.25, 0.3) is 0 Å². The monoisotopic (exact) mass is 180 g/mol. The van der Waals surface area contributed by atoms with Gasteiger partial charge in [0.1, 0.15) is 5.78 Å². The van der Waals surface area contributed by atoms with Gasteiger partial charge in [0.15, 0.2) is 0 Å². The average Bonchev–Trinajstić information content (AvgIpc) is 2.04. The van der Waals surface area contributed by atoms with Crippen molar-refractivity contribution in [1.82, 2.24) is 0 Å². The first-order valence-electron chi connectivity index (χ1n) is 3.75. The molecule has 1 aliphatic heterocycles. The van der Waals surface area contributed by atoms with Crippen LogP contribution in [0.15, 0.2) is 29.2 Å². The minimum Gasteiger partial charge on any atom is -0.298 e. The molecule has 0 spiro atoms. The van der Waals surface area contributed by atoms with E-state index in [0.717, 1.165) is 10.5 Å². The first kappa shape index (κ1) is 7.68. The summed E-state index contributed by atoms with van der Waals surface area (Å²) in [5, 5.41) is 0. The van der Waals surface area contributed by atoms with Crippen molar-refractivity contribution in [3.05, 3.63) is 29.8 Å². The maximum Gasteiger partial charge on any atom is 0.150 e. The summed E-state index contributed by atoms with van der Waals surface area (Å²) in [4.78, 5) is 11.9. The number of ketones is 1. The zero-order chi connectivity index (χ0) is 8.55. The van der Waals surface area contributed by atoms with Gasteiger partial charge in [-0.2, -0.15) is 0 Å². The quantitative estimate of drug-likeness (QED) is 0.595. The number of fused-ring (bicyclic) bond motifs is 1. The first-order valence-corrected chi connectivity index (χ1v) is 5.07. The van der Waals surface area contributed by atoms with Crippen LogP contribution in [0.1, 0.15) is 5.56 Å². The number of carbonyl (C=O) groups is 1. The highest BCUT2D eigenvalue weighted by atomic mass is 32.2. The second-order valence-corrected chi connectivity index (χ2v) is 4.23. The van der Waals surface area contributed by atoms with Gasteiger partial charge in [-0.25, -0.2) is 0 Å². The lowest BCUT2D eigenvalue weighted by molar-refractivity contribution is -0.116. The first-order chi connectivity index (χ1) is 5.77. The van der Waals surface area contributed by atoms with E-state index >= 15 is 0 Å². The van der Waals surface area contributed by atoms with Crippen molar-refractivity contribution in [2.75, 3.05) is 5.75 Å². The van der Waals surface area contributed by atoms with E-state index in [2.05, 4.69) is 0 Å². The highest BCUT2D eigenvalue weighted by molar-refractivity contribution is 7.86. The molecule has 1 atom stereocenters. The fraction of sp³-hybridized carbons (Fsp3) is 0.222. The van der Waals surface area contributed by atoms with Crippen molar-refractivity contribution in [2.24, 2.45) is 0 Å². The van der Waals surface area contributed by atoms with Gasteiger partial charge in [0, 0.05) is 11.3 Å². The smallest absolute Gasteiger partial charge is 0.150 e. The van der Waals surface area contributed by atoms with Gasteiger partial charge in [-0.15, -0.1) is 0 Å². The molecule has 3 heteroatoms. The molecule has 62 valence electrons. The van der Waals surface area contributed by atoms with Crippen LogP contribution in [0.4, 0.5) is 0 Å². The van der Waals surface area contributed by atoms with Crippen molar-refractivity contribution in [3.8, 4) is 0 Å². The van der Waals surface area contributed by atoms with Crippen LogP contribution in [0.5, 0.6) is 0 Å². The maximum absolute atomic E-state index is 11.4. The van der Waals surface area contributed by atoms with Gasteiger partial charge >= 0.3 is 0 Å². The van der Waals surface area contributed by atoms with Gasteiger partial charge in [-0.3, -0.25) is 9.00 Å². The van der Waals surface area contributed by atoms with Crippen LogP contribution in [-0.4, -0.2) is 15.7 Å². The lowest BCUT2D eigenvalue weighted by Crippen LogP contribution is -2.20. The zero-order valence-corrected chi connectivity index (χ0v) is 7.26. The summed E-state index contributed by atoms with van der Waals surface area (Å²) >= 11 is 0. The molecule has 0 aromatic heterocycles. The van der Waals surface area contributed by atoms with E-state index in [0.29, 0.717) is 6.42 Å². The Labute approximate surface area is 73.1 Å². The van der Waals surface area contributed by atoms with Crippen LogP contribution < -0.4 is 0 Å². The van der Waals surface area contributed by atoms with Crippen LogP contribution in [0.3, 0.4) is 0 Å². The number of carbonyl (C=O) groups excluding carboxylic acids is 1. The van der Waals surface area contributed by atoms with E-state index < -0.39 is 10.8 Å². The number of hydrogen-bond acceptors (Lipinski definition) is 2. The van der Waals surface area contributed by atoms with Crippen LogP contribution in [0.2, 0.25) is 0 Å². The van der Waals surface area contributed by atoms with E-state index in [9.17, 15) is 9.00 Å². The molecule has 0 amide bonds. The molecule has 1 aromatic carbocycles. The third-order valence-corrected chi connectivity index (χ3v) is 3.37. The van der Waals surface area contributed by atoms with Crippen molar-refractivity contribution >= 4 is 16.6 Å². The van der Waals surface area contributed by atoms with Crippen LogP contribution >= 0.6 is 0 Å². The van der Waals surface area contributed by atoms with E-state index in [1.165, 1.54) is 0 Å². The summed E-state index contributed by atoms with van der Waals surface area (Å²) in [7, 11) is -1.09. The Hall–Kier alpha value is -0.960. The Balaban J connectivity index is 2.54. The highest BCUT2D eigenvalue weighted by Gasteiger charge is 2.20. The van der Waals surface area contributed by atoms with Crippen molar-refractivity contribution in [1.29, 1.82) is 0 Å². The van der Waals surface area contributed by atoms with Gasteiger partial charge in [0.05, 0.1) is 16.6 Å². The molecular weight excluding hydrogens is 172 g/mol. The summed E-state index contributed by atoms with van der Waals surface area (Å²) in [6.07, 6.45) is 0.446. The fourth-order valence-corrected chi connectivity index (χ4v) is 2.57. The Morgan fingerprint density at radius 2 is 2.00 bits per heavy atom. The zero-order valence-electron chi connectivity index (χ0n) is 6.45. The maximum atomic E-state index is 11.4. The molecule has 0 bridgehead atoms. The molecule has 1 aliphatic rings. The van der Waals surface area contributed by atoms with E-state index in [1.807, 2.05) is 24.3 Å². The highest BCUT2D eigenvalue weighted by Crippen LogP contribution is 2.19. The Kier molecular flexibility index (Phi) is 1.81. The molecule has 0 saturated carbocycles. The average molecular weight is 180 g/mol. The SMILES string of the molecule is O=C1Cc2ccccc2S(=O)C1. The molecule has 2 rings (SSSR count). The molecule has 0 saturated heterocycles. The van der Waals surface area contributed by atoms with Crippen molar-refractivity contribution in [2.45, 2.75) is 11.3 Å². The molecule has 1 heterocycles. The molecule has 1 aromatic rings. The molecule has 0 N–H and O–H groups in total. The summed E-state index contributed by atoms with van der Waals surface area (Å²) in [6.45, 7) is 0. The number of hydrogen-bond donors (Lipinski definition) is 0. The van der Waals surface area contributed by atoms with Gasteiger partial charge in [0.2, 0.25) is 0 Å². The number of Topliss-reactive ketones (excluding diaryl/α,β-unsaturated/α-hetero) is 1. The lowest BCUT2D eigenvalue weighted by atomic mass is 10.1. The standard InChI is InChI=1S/C9H8O2S/c10-8-5-7-3-1-2-4-9(7)12(11)6-8/h1-4H,5-6H2. The van der Waals surface area contributed by atoms with E-state index in [4.69, 9.17) is 0 Å². The summed E-state index contributed by atoms with van der Waals surface area (Å²) in [5.74, 6) is 0.267. The van der Waals surface area contributed by atoms with Crippen molar-refractivity contribution < 1.29 is 9.00 Å². The molecule has 0 radical (unpaired) electrons. The second kappa shape index (κ2) is 2.83. The van der Waals surface area contributed by atoms with Crippen molar-refractivity contribution in [3.63, 3.8) is 0 Å². The van der Waals surface area contributed by atoms with Crippen LogP contribution in [-0.2, 0) is 22.0 Å². The number of benzene rings is 1. The largest absolute Gasteiger partial charge is 0.298 e. The van der Waals surface area contributed by atoms with Crippen LogP contribution in [0, 0.1) is 0 Å². The third kappa shape index (κ3) is 1.20. The summed E-state index contributed by atoms with van der Waals surface area (Å²) in [5.41, 5.74) is 0.923. The fourth-order valence-electron chi connectivity index (χ4n) is 1.36. The number of rotatable bonds is 0. The molecule has 1 unspecified atom stereocenters. The van der Waals surface area contributed by atoms with Gasteiger partial charge in [-0.1, -0.05) is 18.2 Å². The van der Waals surface area contributed by atoms with Gasteiger partial charge < -0.3 is 0 Å². The second-order valence-electron chi connectivity index (χ2n) is 2.81. The predicted octanol–water partition coefficient (Wildman–Crippen LogP) is 0.919. The van der Waals surface area contributed by atoms with Gasteiger partial charge in [-0.05, 0) is 11.6 Å². The molecule has 2 nitrogen and oxygen atoms in total. The minimum atomic E-state index is -1.09. The van der Waals surface area contributed by atoms with E-state index in [-0.39, 0.29) is 11.5 Å². The Morgan fingerprint density at radius 3 is 2.83 bits per heavy atom. The summed E-state index contributed by atoms with van der Waals surface area (Å²) in [6, 6.07) is 7.42. The minimum absolute atomic E-state index is 0.0760. The Morgan fingerprint density at radius 1 is 1.25 bits per heavy atom. The topological polar surface area (TPSA) is 34.1 Å².